The SMILES string of the molecule is O=C(CSc1cn[nH]n1)Nc1nnc(-c2ccccc2)s1. The van der Waals surface area contributed by atoms with E-state index in [1.54, 1.807) is 6.20 Å². The fourth-order valence-electron chi connectivity index (χ4n) is 1.53. The summed E-state index contributed by atoms with van der Waals surface area (Å²) in [5.74, 6) is 0.0889. The highest BCUT2D eigenvalue weighted by Crippen LogP contribution is 2.26. The molecule has 2 N–H and O–H groups in total. The van der Waals surface area contributed by atoms with Gasteiger partial charge in [0.25, 0.3) is 0 Å². The van der Waals surface area contributed by atoms with E-state index in [-0.39, 0.29) is 11.7 Å². The predicted octanol–water partition coefficient (Wildman–Crippen LogP) is 2.05. The molecule has 21 heavy (non-hydrogen) atoms. The molecular weight excluding hydrogens is 308 g/mol. The van der Waals surface area contributed by atoms with Crippen molar-refractivity contribution in [1.29, 1.82) is 0 Å². The molecule has 0 bridgehead atoms. The quantitative estimate of drug-likeness (QED) is 0.699. The third-order valence-electron chi connectivity index (χ3n) is 2.44. The number of H-pyrrole nitrogens is 1. The minimum atomic E-state index is -0.154. The second-order valence-electron chi connectivity index (χ2n) is 3.92. The number of aromatic nitrogens is 5. The van der Waals surface area contributed by atoms with Crippen molar-refractivity contribution >= 4 is 34.1 Å². The molecule has 0 atom stereocenters. The van der Waals surface area contributed by atoms with Gasteiger partial charge in [-0.05, 0) is 0 Å². The summed E-state index contributed by atoms with van der Waals surface area (Å²) in [5.41, 5.74) is 0.979. The first-order valence-corrected chi connectivity index (χ1v) is 7.79. The van der Waals surface area contributed by atoms with E-state index in [1.807, 2.05) is 30.3 Å². The Morgan fingerprint density at radius 1 is 1.29 bits per heavy atom. The van der Waals surface area contributed by atoms with Gasteiger partial charge in [0.05, 0.1) is 11.9 Å². The van der Waals surface area contributed by atoms with Gasteiger partial charge in [-0.1, -0.05) is 53.4 Å². The van der Waals surface area contributed by atoms with Crippen LogP contribution < -0.4 is 5.32 Å². The largest absolute Gasteiger partial charge is 0.300 e. The average molecular weight is 318 g/mol. The number of nitrogens with zero attached hydrogens (tertiary/aromatic N) is 4. The van der Waals surface area contributed by atoms with Crippen LogP contribution in [0.25, 0.3) is 10.6 Å². The molecule has 2 heterocycles. The van der Waals surface area contributed by atoms with Crippen LogP contribution in [0, 0.1) is 0 Å². The molecule has 0 saturated heterocycles. The lowest BCUT2D eigenvalue weighted by Gasteiger charge is -1.98. The molecule has 3 rings (SSSR count). The topological polar surface area (TPSA) is 96.5 Å². The van der Waals surface area contributed by atoms with E-state index in [0.717, 1.165) is 10.6 Å². The number of nitrogens with one attached hydrogen (secondary N) is 2. The Balaban J connectivity index is 1.58. The third-order valence-corrected chi connectivity index (χ3v) is 4.22. The van der Waals surface area contributed by atoms with E-state index < -0.39 is 0 Å². The Kier molecular flexibility index (Phi) is 4.22. The maximum Gasteiger partial charge on any atom is 0.236 e. The number of carbonyl (C=O) groups excluding carboxylic acids is 1. The molecule has 0 fully saturated rings. The lowest BCUT2D eigenvalue weighted by Crippen LogP contribution is -2.13. The molecule has 0 aliphatic carbocycles. The lowest BCUT2D eigenvalue weighted by atomic mass is 10.2. The number of hydrogen-bond donors (Lipinski definition) is 2. The highest BCUT2D eigenvalue weighted by atomic mass is 32.2. The second-order valence-corrected chi connectivity index (χ2v) is 5.90. The minimum absolute atomic E-state index is 0.154. The van der Waals surface area contributed by atoms with E-state index in [1.165, 1.54) is 23.1 Å². The molecule has 1 amide bonds. The molecule has 7 nitrogen and oxygen atoms in total. The summed E-state index contributed by atoms with van der Waals surface area (Å²) in [5, 5.41) is 22.7. The van der Waals surface area contributed by atoms with Gasteiger partial charge in [0.2, 0.25) is 11.0 Å². The van der Waals surface area contributed by atoms with E-state index in [0.29, 0.717) is 10.2 Å². The van der Waals surface area contributed by atoms with Gasteiger partial charge in [-0.2, -0.15) is 10.3 Å². The Morgan fingerprint density at radius 3 is 2.90 bits per heavy atom. The van der Waals surface area contributed by atoms with Crippen LogP contribution in [0.2, 0.25) is 0 Å². The zero-order valence-electron chi connectivity index (χ0n) is 10.7. The summed E-state index contributed by atoms with van der Waals surface area (Å²) in [6.45, 7) is 0. The Bertz CT molecular complexity index is 712. The van der Waals surface area contributed by atoms with E-state index in [2.05, 4.69) is 30.9 Å². The van der Waals surface area contributed by atoms with E-state index in [4.69, 9.17) is 0 Å². The maximum atomic E-state index is 11.8. The molecule has 0 unspecified atom stereocenters. The first-order valence-electron chi connectivity index (χ1n) is 5.98. The average Bonchev–Trinajstić information content (AvgIpc) is 3.17. The van der Waals surface area contributed by atoms with Crippen molar-refractivity contribution in [3.63, 3.8) is 0 Å². The number of rotatable bonds is 5. The van der Waals surface area contributed by atoms with Crippen molar-refractivity contribution in [2.24, 2.45) is 0 Å². The van der Waals surface area contributed by atoms with Crippen molar-refractivity contribution in [3.8, 4) is 10.6 Å². The number of aromatic amines is 1. The number of benzene rings is 1. The second kappa shape index (κ2) is 6.46. The summed E-state index contributed by atoms with van der Waals surface area (Å²) in [7, 11) is 0. The van der Waals surface area contributed by atoms with Gasteiger partial charge >= 0.3 is 0 Å². The summed E-state index contributed by atoms with van der Waals surface area (Å²) < 4.78 is 0. The van der Waals surface area contributed by atoms with Gasteiger partial charge in [0.15, 0.2) is 0 Å². The molecule has 1 aromatic carbocycles. The zero-order chi connectivity index (χ0) is 14.5. The number of anilines is 1. The van der Waals surface area contributed by atoms with Crippen molar-refractivity contribution < 1.29 is 4.79 Å². The molecule has 0 aliphatic heterocycles. The number of amides is 1. The van der Waals surface area contributed by atoms with Crippen LogP contribution in [0.4, 0.5) is 5.13 Å². The first-order chi connectivity index (χ1) is 10.3. The Hall–Kier alpha value is -2.26. The Labute approximate surface area is 128 Å². The van der Waals surface area contributed by atoms with E-state index >= 15 is 0 Å². The standard InChI is InChI=1S/C12H10N6OS2/c19-9(7-20-10-6-13-18-15-10)14-12-17-16-11(21-12)8-4-2-1-3-5-8/h1-6H,7H2,(H,13,15,18)(H,14,17,19). The molecule has 3 aromatic rings. The lowest BCUT2D eigenvalue weighted by molar-refractivity contribution is -0.113. The van der Waals surface area contributed by atoms with Crippen LogP contribution >= 0.6 is 23.1 Å². The van der Waals surface area contributed by atoms with Crippen LogP contribution in [-0.2, 0) is 4.79 Å². The van der Waals surface area contributed by atoms with Gasteiger partial charge in [0.1, 0.15) is 10.0 Å². The van der Waals surface area contributed by atoms with Crippen LogP contribution in [0.3, 0.4) is 0 Å². The van der Waals surface area contributed by atoms with Crippen molar-refractivity contribution in [2.45, 2.75) is 5.03 Å². The molecule has 106 valence electrons. The smallest absolute Gasteiger partial charge is 0.236 e. The highest BCUT2D eigenvalue weighted by molar-refractivity contribution is 7.99. The minimum Gasteiger partial charge on any atom is -0.300 e. The molecule has 0 spiro atoms. The van der Waals surface area contributed by atoms with Crippen molar-refractivity contribution in [3.05, 3.63) is 36.5 Å². The maximum absolute atomic E-state index is 11.8. The number of carbonyl (C=O) groups is 1. The third kappa shape index (κ3) is 3.64. The molecular formula is C12H10N6OS2. The van der Waals surface area contributed by atoms with Gasteiger partial charge in [-0.3, -0.25) is 10.1 Å². The van der Waals surface area contributed by atoms with Crippen LogP contribution in [0.1, 0.15) is 0 Å². The fourth-order valence-corrected chi connectivity index (χ4v) is 2.88. The summed E-state index contributed by atoms with van der Waals surface area (Å²) in [6.07, 6.45) is 1.57. The number of thioether (sulfide) groups is 1. The Morgan fingerprint density at radius 2 is 2.14 bits per heavy atom. The normalized spacial score (nSPS) is 10.5. The van der Waals surface area contributed by atoms with Crippen molar-refractivity contribution in [1.82, 2.24) is 25.6 Å². The monoisotopic (exact) mass is 318 g/mol. The summed E-state index contributed by atoms with van der Waals surface area (Å²) in [4.78, 5) is 11.8. The van der Waals surface area contributed by atoms with Crippen LogP contribution in [-0.4, -0.2) is 37.3 Å². The van der Waals surface area contributed by atoms with Gasteiger partial charge in [-0.15, -0.1) is 15.3 Å². The highest BCUT2D eigenvalue weighted by Gasteiger charge is 2.10. The molecule has 0 saturated carbocycles. The molecule has 2 aromatic heterocycles. The summed E-state index contributed by atoms with van der Waals surface area (Å²) >= 11 is 2.64. The first kappa shape index (κ1) is 13.7. The van der Waals surface area contributed by atoms with Crippen LogP contribution in [0.5, 0.6) is 0 Å². The molecule has 0 aliphatic rings. The fraction of sp³-hybridized carbons (Fsp3) is 0.0833. The summed E-state index contributed by atoms with van der Waals surface area (Å²) in [6, 6.07) is 9.71. The van der Waals surface area contributed by atoms with Gasteiger partial charge < -0.3 is 0 Å². The predicted molar refractivity (Wildman–Crippen MR) is 81.1 cm³/mol. The molecule has 9 heteroatoms. The molecule has 0 radical (unpaired) electrons. The van der Waals surface area contributed by atoms with Crippen molar-refractivity contribution in [2.75, 3.05) is 11.1 Å². The number of hydrogen-bond acceptors (Lipinski definition) is 7. The van der Waals surface area contributed by atoms with Gasteiger partial charge in [0, 0.05) is 5.56 Å². The van der Waals surface area contributed by atoms with Crippen LogP contribution in [0.15, 0.2) is 41.6 Å². The van der Waals surface area contributed by atoms with Gasteiger partial charge in [-0.25, -0.2) is 0 Å². The van der Waals surface area contributed by atoms with E-state index in [9.17, 15) is 4.79 Å². The zero-order valence-corrected chi connectivity index (χ0v) is 12.3.